The summed E-state index contributed by atoms with van der Waals surface area (Å²) in [5, 5.41) is 13.5. The predicted molar refractivity (Wildman–Crippen MR) is 47.1 cm³/mol. The summed E-state index contributed by atoms with van der Waals surface area (Å²) in [5.41, 5.74) is 5.21. The number of likely N-dealkylation sites (N-methyl/N-ethyl adjacent to an activating group) is 1. The van der Waals surface area contributed by atoms with Crippen LogP contribution in [0.15, 0.2) is 0 Å². The minimum Gasteiger partial charge on any atom is -0.480 e. The van der Waals surface area contributed by atoms with Crippen molar-refractivity contribution in [3.8, 4) is 0 Å². The van der Waals surface area contributed by atoms with Gasteiger partial charge in [0, 0.05) is 13.6 Å². The van der Waals surface area contributed by atoms with Gasteiger partial charge in [-0.2, -0.15) is 0 Å². The van der Waals surface area contributed by atoms with E-state index in [1.807, 2.05) is 0 Å². The Morgan fingerprint density at radius 3 is 2.46 bits per heavy atom. The maximum atomic E-state index is 10.9. The number of carbonyl (C=O) groups excluding carboxylic acids is 1. The van der Waals surface area contributed by atoms with E-state index in [9.17, 15) is 9.59 Å². The van der Waals surface area contributed by atoms with Crippen LogP contribution < -0.4 is 16.4 Å². The Bertz CT molecular complexity index is 195. The number of hydrogen-bond acceptors (Lipinski definition) is 4. The second kappa shape index (κ2) is 5.50. The van der Waals surface area contributed by atoms with E-state index >= 15 is 0 Å². The number of hydrogen-bond donors (Lipinski definition) is 4. The molecule has 0 fully saturated rings. The summed E-state index contributed by atoms with van der Waals surface area (Å²) < 4.78 is 0. The second-order valence-electron chi connectivity index (χ2n) is 2.69. The van der Waals surface area contributed by atoms with E-state index in [1.165, 1.54) is 7.05 Å². The molecule has 0 spiro atoms. The van der Waals surface area contributed by atoms with E-state index in [-0.39, 0.29) is 12.5 Å². The van der Waals surface area contributed by atoms with Gasteiger partial charge in [-0.05, 0) is 6.92 Å². The smallest absolute Gasteiger partial charge is 0.321 e. The quantitative estimate of drug-likeness (QED) is 0.405. The van der Waals surface area contributed by atoms with Crippen LogP contribution in [0.2, 0.25) is 0 Å². The fourth-order valence-corrected chi connectivity index (χ4v) is 0.700. The fourth-order valence-electron chi connectivity index (χ4n) is 0.700. The van der Waals surface area contributed by atoms with Crippen LogP contribution in [0.5, 0.6) is 0 Å². The Labute approximate surface area is 76.5 Å². The molecule has 0 radical (unpaired) electrons. The van der Waals surface area contributed by atoms with E-state index in [4.69, 9.17) is 10.8 Å². The Hall–Kier alpha value is -1.14. The molecule has 0 bridgehead atoms. The third-order valence-corrected chi connectivity index (χ3v) is 1.60. The van der Waals surface area contributed by atoms with Crippen molar-refractivity contribution in [1.29, 1.82) is 0 Å². The van der Waals surface area contributed by atoms with Gasteiger partial charge in [-0.3, -0.25) is 9.59 Å². The second-order valence-corrected chi connectivity index (χ2v) is 2.69. The predicted octanol–water partition coefficient (Wildman–Crippen LogP) is -1.88. The Morgan fingerprint density at radius 2 is 2.08 bits per heavy atom. The van der Waals surface area contributed by atoms with Crippen molar-refractivity contribution in [3.05, 3.63) is 0 Å². The van der Waals surface area contributed by atoms with Crippen molar-refractivity contribution in [3.63, 3.8) is 0 Å². The lowest BCUT2D eigenvalue weighted by Gasteiger charge is -2.13. The Morgan fingerprint density at radius 1 is 1.54 bits per heavy atom. The molecule has 0 aromatic heterocycles. The van der Waals surface area contributed by atoms with E-state index < -0.39 is 18.1 Å². The highest BCUT2D eigenvalue weighted by Crippen LogP contribution is 1.82. The van der Waals surface area contributed by atoms with Crippen molar-refractivity contribution in [1.82, 2.24) is 10.6 Å². The number of carbonyl (C=O) groups is 2. The van der Waals surface area contributed by atoms with E-state index in [1.54, 1.807) is 6.92 Å². The van der Waals surface area contributed by atoms with Gasteiger partial charge < -0.3 is 21.5 Å². The van der Waals surface area contributed by atoms with Gasteiger partial charge in [-0.25, -0.2) is 0 Å². The van der Waals surface area contributed by atoms with Crippen LogP contribution in [0.25, 0.3) is 0 Å². The molecule has 2 unspecified atom stereocenters. The maximum absolute atomic E-state index is 10.9. The topological polar surface area (TPSA) is 104 Å². The third kappa shape index (κ3) is 4.44. The van der Waals surface area contributed by atoms with Gasteiger partial charge >= 0.3 is 5.97 Å². The summed E-state index contributed by atoms with van der Waals surface area (Å²) in [4.78, 5) is 21.2. The summed E-state index contributed by atoms with van der Waals surface area (Å²) >= 11 is 0. The molecule has 6 nitrogen and oxygen atoms in total. The van der Waals surface area contributed by atoms with Crippen molar-refractivity contribution in [2.24, 2.45) is 5.73 Å². The van der Waals surface area contributed by atoms with E-state index in [0.29, 0.717) is 0 Å². The lowest BCUT2D eigenvalue weighted by Crippen LogP contribution is -2.47. The first-order chi connectivity index (χ1) is 5.99. The van der Waals surface area contributed by atoms with Crippen LogP contribution in [0.1, 0.15) is 6.92 Å². The molecular weight excluding hydrogens is 174 g/mol. The van der Waals surface area contributed by atoms with Crippen LogP contribution in [-0.2, 0) is 9.59 Å². The molecule has 0 aromatic rings. The monoisotopic (exact) mass is 189 g/mol. The van der Waals surface area contributed by atoms with Gasteiger partial charge in [0.25, 0.3) is 0 Å². The molecule has 0 aliphatic heterocycles. The first-order valence-corrected chi connectivity index (χ1v) is 3.92. The maximum Gasteiger partial charge on any atom is 0.321 e. The van der Waals surface area contributed by atoms with Crippen LogP contribution in [0.4, 0.5) is 0 Å². The summed E-state index contributed by atoms with van der Waals surface area (Å²) in [6, 6.07) is -1.41. The number of carboxylic acid groups (broad SMARTS) is 1. The van der Waals surface area contributed by atoms with E-state index in [2.05, 4.69) is 10.6 Å². The molecular formula is C7H15N3O3. The van der Waals surface area contributed by atoms with Crippen LogP contribution in [0, 0.1) is 0 Å². The van der Waals surface area contributed by atoms with Crippen molar-refractivity contribution in [2.45, 2.75) is 19.0 Å². The summed E-state index contributed by atoms with van der Waals surface area (Å²) in [6.45, 7) is 1.71. The highest BCUT2D eigenvalue weighted by Gasteiger charge is 2.15. The third-order valence-electron chi connectivity index (χ3n) is 1.60. The lowest BCUT2D eigenvalue weighted by molar-refractivity contribution is -0.138. The summed E-state index contributed by atoms with van der Waals surface area (Å²) in [5.74, 6) is -1.28. The van der Waals surface area contributed by atoms with Crippen LogP contribution in [0.3, 0.4) is 0 Å². The van der Waals surface area contributed by atoms with Crippen LogP contribution in [-0.4, -0.2) is 42.7 Å². The van der Waals surface area contributed by atoms with Crippen molar-refractivity contribution >= 4 is 11.9 Å². The number of aliphatic carboxylic acids is 1. The number of amides is 1. The SMILES string of the molecule is CNC(=O)C(C)NCC(N)C(=O)O. The zero-order chi connectivity index (χ0) is 10.4. The van der Waals surface area contributed by atoms with Gasteiger partial charge in [0.15, 0.2) is 0 Å². The first-order valence-electron chi connectivity index (χ1n) is 3.92. The Kier molecular flexibility index (Phi) is 5.01. The molecule has 2 atom stereocenters. The standard InChI is InChI=1S/C7H15N3O3/c1-4(6(11)9-2)10-3-5(8)7(12)13/h4-5,10H,3,8H2,1-2H3,(H,9,11)(H,12,13). The molecule has 76 valence electrons. The molecule has 5 N–H and O–H groups in total. The fraction of sp³-hybridized carbons (Fsp3) is 0.714. The molecule has 0 saturated carbocycles. The van der Waals surface area contributed by atoms with Crippen molar-refractivity contribution < 1.29 is 14.7 Å². The highest BCUT2D eigenvalue weighted by atomic mass is 16.4. The van der Waals surface area contributed by atoms with E-state index in [0.717, 1.165) is 0 Å². The summed E-state index contributed by atoms with van der Waals surface area (Å²) in [7, 11) is 1.51. The minimum atomic E-state index is -1.09. The average Bonchev–Trinajstić information content (AvgIpc) is 2.11. The normalized spacial score (nSPS) is 14.7. The highest BCUT2D eigenvalue weighted by molar-refractivity contribution is 5.81. The molecule has 0 aromatic carbocycles. The molecule has 0 aliphatic carbocycles. The molecule has 0 rings (SSSR count). The van der Waals surface area contributed by atoms with Gasteiger partial charge in [-0.15, -0.1) is 0 Å². The van der Waals surface area contributed by atoms with Gasteiger partial charge in [-0.1, -0.05) is 0 Å². The molecule has 6 heteroatoms. The zero-order valence-corrected chi connectivity index (χ0v) is 7.70. The van der Waals surface area contributed by atoms with Gasteiger partial charge in [0.05, 0.1) is 6.04 Å². The molecule has 13 heavy (non-hydrogen) atoms. The van der Waals surface area contributed by atoms with Gasteiger partial charge in [0.2, 0.25) is 5.91 Å². The molecule has 0 aliphatic rings. The van der Waals surface area contributed by atoms with Crippen molar-refractivity contribution in [2.75, 3.05) is 13.6 Å². The zero-order valence-electron chi connectivity index (χ0n) is 7.70. The summed E-state index contributed by atoms with van der Waals surface area (Å²) in [6.07, 6.45) is 0. The number of nitrogens with two attached hydrogens (primary N) is 1. The lowest BCUT2D eigenvalue weighted by atomic mass is 10.2. The number of rotatable bonds is 5. The minimum absolute atomic E-state index is 0.0733. The number of carboxylic acids is 1. The Balaban J connectivity index is 3.76. The molecule has 0 heterocycles. The van der Waals surface area contributed by atoms with Crippen LogP contribution >= 0.6 is 0 Å². The number of nitrogens with one attached hydrogen (secondary N) is 2. The first kappa shape index (κ1) is 11.9. The van der Waals surface area contributed by atoms with Gasteiger partial charge in [0.1, 0.15) is 6.04 Å². The molecule has 1 amide bonds. The molecule has 0 saturated heterocycles. The average molecular weight is 189 g/mol. The largest absolute Gasteiger partial charge is 0.480 e.